The fourth-order valence-electron chi connectivity index (χ4n) is 5.48. The number of likely N-dealkylation sites (tertiary alicyclic amines) is 2. The van der Waals surface area contributed by atoms with E-state index in [1.807, 2.05) is 45.6 Å². The van der Waals surface area contributed by atoms with Crippen LogP contribution in [-0.2, 0) is 11.2 Å². The van der Waals surface area contributed by atoms with Gasteiger partial charge < -0.3 is 14.2 Å². The van der Waals surface area contributed by atoms with E-state index >= 15 is 0 Å². The number of ether oxygens (including phenoxy) is 1. The summed E-state index contributed by atoms with van der Waals surface area (Å²) in [4.78, 5) is 21.3. The van der Waals surface area contributed by atoms with E-state index in [4.69, 9.17) is 9.26 Å². The van der Waals surface area contributed by atoms with Gasteiger partial charge in [-0.3, -0.25) is 4.90 Å². The van der Waals surface area contributed by atoms with Crippen LogP contribution >= 0.6 is 0 Å². The molecule has 1 atom stereocenters. The lowest BCUT2D eigenvalue weighted by molar-refractivity contribution is 0.0154. The molecule has 0 spiro atoms. The first kappa shape index (κ1) is 25.6. The molecule has 2 saturated heterocycles. The van der Waals surface area contributed by atoms with Crippen LogP contribution in [0.15, 0.2) is 22.7 Å². The first-order valence-electron chi connectivity index (χ1n) is 13.3. The number of hydrogen-bond acceptors (Lipinski definition) is 7. The van der Waals surface area contributed by atoms with E-state index in [9.17, 15) is 9.18 Å². The SMILES string of the molecule is CC(C)c1nn(-c2noc(C[C@H]3CCN(C4CCN(C(=O)OC(C)(C)C)CC4)C3)n2)c2c(F)cccc12. The molecule has 10 heteroatoms. The maximum Gasteiger partial charge on any atom is 0.410 e. The predicted octanol–water partition coefficient (Wildman–Crippen LogP) is 4.93. The van der Waals surface area contributed by atoms with Crippen LogP contribution in [0.25, 0.3) is 16.9 Å². The molecular formula is C27H37FN6O3. The third-order valence-electron chi connectivity index (χ3n) is 7.29. The Morgan fingerprint density at radius 3 is 2.65 bits per heavy atom. The van der Waals surface area contributed by atoms with Crippen LogP contribution < -0.4 is 0 Å². The zero-order valence-electron chi connectivity index (χ0n) is 22.4. The number of carbonyl (C=O) groups is 1. The van der Waals surface area contributed by atoms with Crippen LogP contribution in [0.5, 0.6) is 0 Å². The van der Waals surface area contributed by atoms with E-state index in [1.165, 1.54) is 10.7 Å². The summed E-state index contributed by atoms with van der Waals surface area (Å²) in [6, 6.07) is 5.47. The number of halogens is 1. The fourth-order valence-corrected chi connectivity index (χ4v) is 5.48. The normalized spacial score (nSPS) is 19.9. The number of aromatic nitrogens is 4. The Balaban J connectivity index is 1.19. The van der Waals surface area contributed by atoms with E-state index < -0.39 is 5.60 Å². The molecule has 4 heterocycles. The highest BCUT2D eigenvalue weighted by atomic mass is 19.1. The van der Waals surface area contributed by atoms with Gasteiger partial charge in [0, 0.05) is 37.5 Å². The molecule has 0 bridgehead atoms. The van der Waals surface area contributed by atoms with Crippen LogP contribution in [-0.4, -0.2) is 73.6 Å². The second-order valence-electron chi connectivity index (χ2n) is 11.6. The van der Waals surface area contributed by atoms with Crippen LogP contribution in [0.2, 0.25) is 0 Å². The van der Waals surface area contributed by atoms with Gasteiger partial charge >= 0.3 is 6.09 Å². The summed E-state index contributed by atoms with van der Waals surface area (Å²) in [6.07, 6.45) is 3.42. The van der Waals surface area contributed by atoms with Crippen LogP contribution in [0, 0.1) is 11.7 Å². The largest absolute Gasteiger partial charge is 0.444 e. The van der Waals surface area contributed by atoms with Gasteiger partial charge in [0.1, 0.15) is 16.9 Å². The molecule has 1 aromatic carbocycles. The van der Waals surface area contributed by atoms with E-state index in [2.05, 4.69) is 20.1 Å². The van der Waals surface area contributed by atoms with Gasteiger partial charge in [0.25, 0.3) is 5.95 Å². The molecule has 200 valence electrons. The van der Waals surface area contributed by atoms with Crippen molar-refractivity contribution in [2.75, 3.05) is 26.2 Å². The van der Waals surface area contributed by atoms with Crippen molar-refractivity contribution >= 4 is 17.0 Å². The monoisotopic (exact) mass is 512 g/mol. The highest BCUT2D eigenvalue weighted by Crippen LogP contribution is 2.30. The molecule has 5 rings (SSSR count). The van der Waals surface area contributed by atoms with Gasteiger partial charge in [0.2, 0.25) is 5.89 Å². The summed E-state index contributed by atoms with van der Waals surface area (Å²) in [5.41, 5.74) is 0.716. The van der Waals surface area contributed by atoms with Crippen LogP contribution in [0.3, 0.4) is 0 Å². The van der Waals surface area contributed by atoms with E-state index in [-0.39, 0.29) is 23.8 Å². The molecule has 37 heavy (non-hydrogen) atoms. The Kier molecular flexibility index (Phi) is 6.95. The van der Waals surface area contributed by atoms with E-state index in [0.717, 1.165) is 56.5 Å². The number of benzene rings is 1. The van der Waals surface area contributed by atoms with Gasteiger partial charge in [-0.2, -0.15) is 14.8 Å². The first-order chi connectivity index (χ1) is 17.6. The van der Waals surface area contributed by atoms with Gasteiger partial charge in [0.05, 0.1) is 5.69 Å². The molecule has 2 fully saturated rings. The predicted molar refractivity (Wildman–Crippen MR) is 137 cm³/mol. The summed E-state index contributed by atoms with van der Waals surface area (Å²) in [6.45, 7) is 13.2. The molecule has 0 aliphatic carbocycles. The quantitative estimate of drug-likeness (QED) is 0.479. The topological polar surface area (TPSA) is 89.5 Å². The average Bonchev–Trinajstić information content (AvgIpc) is 3.57. The molecule has 3 aromatic rings. The van der Waals surface area contributed by atoms with Crippen LogP contribution in [0.1, 0.15) is 71.4 Å². The summed E-state index contributed by atoms with van der Waals surface area (Å²) in [5, 5.41) is 9.53. The summed E-state index contributed by atoms with van der Waals surface area (Å²) in [7, 11) is 0. The summed E-state index contributed by atoms with van der Waals surface area (Å²) >= 11 is 0. The van der Waals surface area contributed by atoms with Crippen molar-refractivity contribution in [3.05, 3.63) is 35.6 Å². The molecule has 0 saturated carbocycles. The van der Waals surface area contributed by atoms with E-state index in [1.54, 1.807) is 6.07 Å². The molecule has 2 aromatic heterocycles. The Labute approximate surface area is 216 Å². The summed E-state index contributed by atoms with van der Waals surface area (Å²) in [5.74, 6) is 1.01. The Morgan fingerprint density at radius 1 is 1.19 bits per heavy atom. The minimum absolute atomic E-state index is 0.136. The molecule has 1 amide bonds. The number of fused-ring (bicyclic) bond motifs is 1. The number of nitrogens with zero attached hydrogens (tertiary/aromatic N) is 6. The lowest BCUT2D eigenvalue weighted by atomic mass is 10.0. The Hall–Kier alpha value is -3.01. The lowest BCUT2D eigenvalue weighted by Crippen LogP contribution is -2.47. The van der Waals surface area contributed by atoms with Crippen molar-refractivity contribution in [2.45, 2.75) is 77.9 Å². The standard InChI is InChI=1S/C27H37FN6O3/c1-17(2)23-20-7-6-8-21(28)24(20)34(30-23)25-29-22(37-31-25)15-18-9-12-33(16-18)19-10-13-32(14-11-19)26(35)36-27(3,4)5/h6-8,17-19H,9-16H2,1-5H3/t18-/m1/s1. The number of para-hydroxylation sites is 1. The molecule has 0 radical (unpaired) electrons. The van der Waals surface area contributed by atoms with Crippen molar-refractivity contribution in [1.29, 1.82) is 0 Å². The summed E-state index contributed by atoms with van der Waals surface area (Å²) < 4.78 is 27.3. The van der Waals surface area contributed by atoms with Crippen molar-refractivity contribution < 1.29 is 18.4 Å². The Morgan fingerprint density at radius 2 is 1.95 bits per heavy atom. The third kappa shape index (κ3) is 5.49. The highest BCUT2D eigenvalue weighted by Gasteiger charge is 2.34. The highest BCUT2D eigenvalue weighted by molar-refractivity contribution is 5.84. The number of hydrogen-bond donors (Lipinski definition) is 0. The van der Waals surface area contributed by atoms with Gasteiger partial charge in [-0.1, -0.05) is 26.0 Å². The third-order valence-corrected chi connectivity index (χ3v) is 7.29. The average molecular weight is 513 g/mol. The van der Waals surface area contributed by atoms with Crippen molar-refractivity contribution in [3.63, 3.8) is 0 Å². The van der Waals surface area contributed by atoms with Crippen molar-refractivity contribution in [1.82, 2.24) is 29.7 Å². The van der Waals surface area contributed by atoms with Crippen molar-refractivity contribution in [3.8, 4) is 5.95 Å². The number of amides is 1. The Bertz CT molecular complexity index is 1250. The van der Waals surface area contributed by atoms with Gasteiger partial charge in [-0.25, -0.2) is 9.18 Å². The number of carbonyl (C=O) groups excluding carboxylic acids is 1. The maximum absolute atomic E-state index is 14.7. The second kappa shape index (κ2) is 10.0. The first-order valence-corrected chi connectivity index (χ1v) is 13.3. The smallest absolute Gasteiger partial charge is 0.410 e. The molecule has 2 aliphatic rings. The maximum atomic E-state index is 14.7. The molecule has 2 aliphatic heterocycles. The van der Waals surface area contributed by atoms with E-state index in [0.29, 0.717) is 29.8 Å². The molecule has 0 N–H and O–H groups in total. The number of piperidine rings is 1. The fraction of sp³-hybridized carbons (Fsp3) is 0.630. The van der Waals surface area contributed by atoms with Crippen molar-refractivity contribution in [2.24, 2.45) is 5.92 Å². The molecule has 9 nitrogen and oxygen atoms in total. The second-order valence-corrected chi connectivity index (χ2v) is 11.6. The minimum Gasteiger partial charge on any atom is -0.444 e. The zero-order valence-corrected chi connectivity index (χ0v) is 22.4. The van der Waals surface area contributed by atoms with Gasteiger partial charge in [0.15, 0.2) is 0 Å². The molecular weight excluding hydrogens is 475 g/mol. The van der Waals surface area contributed by atoms with Gasteiger partial charge in [-0.15, -0.1) is 0 Å². The zero-order chi connectivity index (χ0) is 26.3. The van der Waals surface area contributed by atoms with Gasteiger partial charge in [-0.05, 0) is 69.6 Å². The molecule has 0 unspecified atom stereocenters. The van der Waals surface area contributed by atoms with Crippen LogP contribution in [0.4, 0.5) is 9.18 Å². The number of rotatable bonds is 5. The lowest BCUT2D eigenvalue weighted by Gasteiger charge is -2.37. The minimum atomic E-state index is -0.472.